The van der Waals surface area contributed by atoms with Gasteiger partial charge in [0.2, 0.25) is 0 Å². The van der Waals surface area contributed by atoms with Crippen LogP contribution in [0.2, 0.25) is 0 Å². The number of nitrogen functional groups attached to an aromatic ring is 1. The Balaban J connectivity index is 1.87. The summed E-state index contributed by atoms with van der Waals surface area (Å²) in [7, 11) is 0. The molecule has 5 nitrogen and oxygen atoms in total. The van der Waals surface area contributed by atoms with Gasteiger partial charge in [0, 0.05) is 11.4 Å². The van der Waals surface area contributed by atoms with Crippen molar-refractivity contribution in [3.05, 3.63) is 66.0 Å². The van der Waals surface area contributed by atoms with Crippen molar-refractivity contribution >= 4 is 28.7 Å². The second kappa shape index (κ2) is 6.36. The van der Waals surface area contributed by atoms with Crippen molar-refractivity contribution in [2.45, 2.75) is 13.8 Å². The Morgan fingerprint density at radius 2 is 1.35 bits per heavy atom. The van der Waals surface area contributed by atoms with E-state index >= 15 is 0 Å². The van der Waals surface area contributed by atoms with Crippen molar-refractivity contribution in [2.24, 2.45) is 0 Å². The van der Waals surface area contributed by atoms with E-state index in [0.717, 1.165) is 11.4 Å². The maximum absolute atomic E-state index is 6.21. The van der Waals surface area contributed by atoms with Crippen LogP contribution in [0.25, 0.3) is 0 Å². The van der Waals surface area contributed by atoms with Crippen LogP contribution in [0.5, 0.6) is 0 Å². The van der Waals surface area contributed by atoms with Crippen LogP contribution in [0.15, 0.2) is 54.9 Å². The van der Waals surface area contributed by atoms with E-state index < -0.39 is 0 Å². The average Bonchev–Trinajstić information content (AvgIpc) is 2.51. The predicted molar refractivity (Wildman–Crippen MR) is 95.4 cm³/mol. The molecule has 0 aliphatic heterocycles. The first-order valence-corrected chi connectivity index (χ1v) is 7.40. The fraction of sp³-hybridized carbons (Fsp3) is 0.111. The molecule has 0 spiro atoms. The summed E-state index contributed by atoms with van der Waals surface area (Å²) in [5.41, 5.74) is 10.9. The molecule has 4 N–H and O–H groups in total. The SMILES string of the molecule is Cc1cc(C)cc(Nc2ncnc(Nc3ccccc3)c2N)c1. The zero-order valence-corrected chi connectivity index (χ0v) is 13.2. The third kappa shape index (κ3) is 3.58. The Hall–Kier alpha value is -3.08. The highest BCUT2D eigenvalue weighted by molar-refractivity contribution is 5.80. The molecule has 116 valence electrons. The van der Waals surface area contributed by atoms with Crippen molar-refractivity contribution in [2.75, 3.05) is 16.4 Å². The molecule has 0 aliphatic carbocycles. The van der Waals surface area contributed by atoms with Crippen LogP contribution in [0, 0.1) is 13.8 Å². The van der Waals surface area contributed by atoms with Gasteiger partial charge in [-0.15, -0.1) is 0 Å². The first-order chi connectivity index (χ1) is 11.1. The molecule has 3 aromatic rings. The highest BCUT2D eigenvalue weighted by Crippen LogP contribution is 2.28. The fourth-order valence-corrected chi connectivity index (χ4v) is 2.44. The Kier molecular flexibility index (Phi) is 4.10. The van der Waals surface area contributed by atoms with Crippen LogP contribution in [0.1, 0.15) is 11.1 Å². The molecule has 0 saturated carbocycles. The number of anilines is 5. The Labute approximate surface area is 135 Å². The van der Waals surface area contributed by atoms with Crippen molar-refractivity contribution in [1.82, 2.24) is 9.97 Å². The molecule has 0 aliphatic rings. The number of rotatable bonds is 4. The van der Waals surface area contributed by atoms with Crippen molar-refractivity contribution < 1.29 is 0 Å². The van der Waals surface area contributed by atoms with Crippen LogP contribution in [0.4, 0.5) is 28.7 Å². The van der Waals surface area contributed by atoms with Gasteiger partial charge in [-0.1, -0.05) is 24.3 Å². The van der Waals surface area contributed by atoms with E-state index in [2.05, 4.69) is 52.6 Å². The van der Waals surface area contributed by atoms with E-state index in [9.17, 15) is 0 Å². The molecule has 0 bridgehead atoms. The first-order valence-electron chi connectivity index (χ1n) is 7.40. The molecule has 0 atom stereocenters. The summed E-state index contributed by atoms with van der Waals surface area (Å²) in [6.45, 7) is 4.12. The average molecular weight is 305 g/mol. The molecular formula is C18H19N5. The lowest BCUT2D eigenvalue weighted by molar-refractivity contribution is 1.17. The number of nitrogens with zero attached hydrogens (tertiary/aromatic N) is 2. The number of aryl methyl sites for hydroxylation is 2. The maximum atomic E-state index is 6.21. The Morgan fingerprint density at radius 1 is 0.783 bits per heavy atom. The molecule has 2 aromatic carbocycles. The summed E-state index contributed by atoms with van der Waals surface area (Å²) in [5.74, 6) is 1.17. The molecule has 0 saturated heterocycles. The fourth-order valence-electron chi connectivity index (χ4n) is 2.44. The van der Waals surface area contributed by atoms with Gasteiger partial charge in [-0.05, 0) is 49.2 Å². The third-order valence-electron chi connectivity index (χ3n) is 3.40. The van der Waals surface area contributed by atoms with Gasteiger partial charge in [0.15, 0.2) is 11.6 Å². The standard InChI is InChI=1S/C18H19N5/c1-12-8-13(2)10-15(9-12)23-18-16(19)17(20-11-21-18)22-14-6-4-3-5-7-14/h3-11H,19H2,1-2H3,(H2,20,21,22,23). The van der Waals surface area contributed by atoms with Crippen LogP contribution in [-0.4, -0.2) is 9.97 Å². The van der Waals surface area contributed by atoms with Gasteiger partial charge >= 0.3 is 0 Å². The largest absolute Gasteiger partial charge is 0.393 e. The quantitative estimate of drug-likeness (QED) is 0.674. The summed E-state index contributed by atoms with van der Waals surface area (Å²) in [6.07, 6.45) is 1.49. The highest BCUT2D eigenvalue weighted by Gasteiger charge is 2.09. The maximum Gasteiger partial charge on any atom is 0.159 e. The van der Waals surface area contributed by atoms with Gasteiger partial charge < -0.3 is 16.4 Å². The monoisotopic (exact) mass is 305 g/mol. The number of para-hydroxylation sites is 1. The van der Waals surface area contributed by atoms with Crippen LogP contribution >= 0.6 is 0 Å². The number of hydrogen-bond acceptors (Lipinski definition) is 5. The summed E-state index contributed by atoms with van der Waals surface area (Å²) in [4.78, 5) is 8.47. The molecule has 1 heterocycles. The van der Waals surface area contributed by atoms with E-state index in [0.29, 0.717) is 17.3 Å². The van der Waals surface area contributed by atoms with Crippen LogP contribution in [0.3, 0.4) is 0 Å². The van der Waals surface area contributed by atoms with E-state index in [1.54, 1.807) is 0 Å². The number of nitrogens with one attached hydrogen (secondary N) is 2. The van der Waals surface area contributed by atoms with Crippen LogP contribution in [-0.2, 0) is 0 Å². The van der Waals surface area contributed by atoms with Gasteiger partial charge in [0.05, 0.1) is 0 Å². The zero-order chi connectivity index (χ0) is 16.2. The normalized spacial score (nSPS) is 10.3. The van der Waals surface area contributed by atoms with Crippen molar-refractivity contribution in [3.8, 4) is 0 Å². The zero-order valence-electron chi connectivity index (χ0n) is 13.2. The van der Waals surface area contributed by atoms with Gasteiger partial charge in [-0.3, -0.25) is 0 Å². The van der Waals surface area contributed by atoms with E-state index in [1.807, 2.05) is 30.3 Å². The molecule has 0 unspecified atom stereocenters. The molecule has 0 fully saturated rings. The minimum atomic E-state index is 0.482. The number of aromatic nitrogens is 2. The van der Waals surface area contributed by atoms with Gasteiger partial charge in [0.25, 0.3) is 0 Å². The van der Waals surface area contributed by atoms with Crippen molar-refractivity contribution in [3.63, 3.8) is 0 Å². The minimum Gasteiger partial charge on any atom is -0.393 e. The number of benzene rings is 2. The lowest BCUT2D eigenvalue weighted by atomic mass is 10.1. The van der Waals surface area contributed by atoms with E-state index in [-0.39, 0.29) is 0 Å². The number of nitrogens with two attached hydrogens (primary N) is 1. The van der Waals surface area contributed by atoms with Gasteiger partial charge in [0.1, 0.15) is 12.0 Å². The second-order valence-corrected chi connectivity index (χ2v) is 5.48. The van der Waals surface area contributed by atoms with Gasteiger partial charge in [-0.2, -0.15) is 0 Å². The topological polar surface area (TPSA) is 75.9 Å². The van der Waals surface area contributed by atoms with E-state index in [1.165, 1.54) is 17.5 Å². The first kappa shape index (κ1) is 14.8. The van der Waals surface area contributed by atoms with Crippen LogP contribution < -0.4 is 16.4 Å². The molecule has 0 amide bonds. The predicted octanol–water partition coefficient (Wildman–Crippen LogP) is 4.16. The molecular weight excluding hydrogens is 286 g/mol. The van der Waals surface area contributed by atoms with Crippen molar-refractivity contribution in [1.29, 1.82) is 0 Å². The third-order valence-corrected chi connectivity index (χ3v) is 3.40. The summed E-state index contributed by atoms with van der Waals surface area (Å²) in [6, 6.07) is 16.0. The summed E-state index contributed by atoms with van der Waals surface area (Å²) in [5, 5.41) is 6.47. The molecule has 5 heteroatoms. The van der Waals surface area contributed by atoms with Gasteiger partial charge in [-0.25, -0.2) is 9.97 Å². The highest BCUT2D eigenvalue weighted by atomic mass is 15.1. The lowest BCUT2D eigenvalue weighted by Gasteiger charge is -2.13. The summed E-state index contributed by atoms with van der Waals surface area (Å²) < 4.78 is 0. The summed E-state index contributed by atoms with van der Waals surface area (Å²) >= 11 is 0. The second-order valence-electron chi connectivity index (χ2n) is 5.48. The number of hydrogen-bond donors (Lipinski definition) is 3. The van der Waals surface area contributed by atoms with E-state index in [4.69, 9.17) is 5.73 Å². The Bertz CT molecular complexity index is 795. The molecule has 0 radical (unpaired) electrons. The smallest absolute Gasteiger partial charge is 0.159 e. The minimum absolute atomic E-state index is 0.482. The molecule has 1 aromatic heterocycles. The lowest BCUT2D eigenvalue weighted by Crippen LogP contribution is -2.05. The molecule has 23 heavy (non-hydrogen) atoms. The molecule has 3 rings (SSSR count). The Morgan fingerprint density at radius 3 is 1.96 bits per heavy atom.